The Kier molecular flexibility index (Phi) is 6.23. The minimum absolute atomic E-state index is 0.343. The number of amides is 1. The molecule has 0 fully saturated rings. The first kappa shape index (κ1) is 17.0. The highest BCUT2D eigenvalue weighted by Crippen LogP contribution is 2.37. The van der Waals surface area contributed by atoms with Crippen LogP contribution in [0, 0.1) is 0 Å². The molecule has 1 unspecified atom stereocenters. The molecule has 0 heterocycles. The lowest BCUT2D eigenvalue weighted by molar-refractivity contribution is -0.131. The molecule has 0 aliphatic heterocycles. The maximum absolute atomic E-state index is 11.3. The minimum Gasteiger partial charge on any atom is -0.493 e. The first-order valence-electron chi connectivity index (χ1n) is 6.13. The van der Waals surface area contributed by atoms with Gasteiger partial charge < -0.3 is 20.3 Å². The van der Waals surface area contributed by atoms with E-state index in [0.29, 0.717) is 28.0 Å². The zero-order valence-corrected chi connectivity index (χ0v) is 13.2. The van der Waals surface area contributed by atoms with Gasteiger partial charge in [0.1, 0.15) is 0 Å². The van der Waals surface area contributed by atoms with Crippen molar-refractivity contribution in [2.75, 3.05) is 7.11 Å². The zero-order valence-electron chi connectivity index (χ0n) is 11.6. The van der Waals surface area contributed by atoms with Crippen molar-refractivity contribution in [2.45, 2.75) is 19.4 Å². The fourth-order valence-corrected chi connectivity index (χ4v) is 2.16. The van der Waals surface area contributed by atoms with Gasteiger partial charge in [-0.05, 0) is 46.1 Å². The third-order valence-corrected chi connectivity index (χ3v) is 3.21. The molecule has 0 radical (unpaired) electrons. The molecule has 0 aromatic heterocycles. The summed E-state index contributed by atoms with van der Waals surface area (Å²) in [6, 6.07) is 3.26. The molecule has 114 valence electrons. The number of benzene rings is 1. The van der Waals surface area contributed by atoms with Crippen LogP contribution in [0.2, 0.25) is 0 Å². The van der Waals surface area contributed by atoms with Gasteiger partial charge in [-0.15, -0.1) is 0 Å². The van der Waals surface area contributed by atoms with Gasteiger partial charge in [0.05, 0.1) is 11.6 Å². The van der Waals surface area contributed by atoms with E-state index in [0.717, 1.165) is 6.08 Å². The Morgan fingerprint density at radius 2 is 2.14 bits per heavy atom. The average molecular weight is 358 g/mol. The van der Waals surface area contributed by atoms with Crippen LogP contribution in [0.1, 0.15) is 18.9 Å². The quantitative estimate of drug-likeness (QED) is 0.728. The van der Waals surface area contributed by atoms with E-state index in [9.17, 15) is 9.59 Å². The van der Waals surface area contributed by atoms with Crippen molar-refractivity contribution in [1.29, 1.82) is 0 Å². The van der Waals surface area contributed by atoms with Gasteiger partial charge in [-0.25, -0.2) is 4.79 Å². The minimum atomic E-state index is -1.05. The highest BCUT2D eigenvalue weighted by molar-refractivity contribution is 9.10. The molecule has 1 aromatic rings. The van der Waals surface area contributed by atoms with Crippen LogP contribution < -0.4 is 15.2 Å². The summed E-state index contributed by atoms with van der Waals surface area (Å²) in [6.45, 7) is 1.78. The molecule has 0 saturated carbocycles. The maximum Gasteiger partial charge on any atom is 0.328 e. The Morgan fingerprint density at radius 1 is 1.48 bits per heavy atom. The number of primary amides is 1. The second kappa shape index (κ2) is 7.68. The summed E-state index contributed by atoms with van der Waals surface area (Å²) in [5.74, 6) is -0.906. The van der Waals surface area contributed by atoms with Gasteiger partial charge in [-0.3, -0.25) is 4.79 Å². The number of carboxylic acid groups (broad SMARTS) is 1. The summed E-state index contributed by atoms with van der Waals surface area (Å²) in [7, 11) is 1.45. The summed E-state index contributed by atoms with van der Waals surface area (Å²) >= 11 is 3.31. The number of hydrogen-bond donors (Lipinski definition) is 2. The second-order valence-corrected chi connectivity index (χ2v) is 4.98. The monoisotopic (exact) mass is 357 g/mol. The number of carbonyl (C=O) groups is 2. The van der Waals surface area contributed by atoms with Crippen molar-refractivity contribution in [3.63, 3.8) is 0 Å². The highest BCUT2D eigenvalue weighted by Gasteiger charge is 2.19. The van der Waals surface area contributed by atoms with Gasteiger partial charge in [-0.2, -0.15) is 0 Å². The molecule has 21 heavy (non-hydrogen) atoms. The van der Waals surface area contributed by atoms with Crippen molar-refractivity contribution < 1.29 is 24.2 Å². The first-order valence-corrected chi connectivity index (χ1v) is 6.92. The van der Waals surface area contributed by atoms with E-state index >= 15 is 0 Å². The van der Waals surface area contributed by atoms with E-state index in [2.05, 4.69) is 15.9 Å². The molecule has 0 spiro atoms. The lowest BCUT2D eigenvalue weighted by Crippen LogP contribution is -2.33. The number of nitrogens with two attached hydrogens (primary N) is 1. The largest absolute Gasteiger partial charge is 0.493 e. The number of hydrogen-bond acceptors (Lipinski definition) is 4. The molecular formula is C14H16BrNO5. The van der Waals surface area contributed by atoms with Gasteiger partial charge in [0, 0.05) is 6.08 Å². The lowest BCUT2D eigenvalue weighted by Gasteiger charge is -2.18. The molecular weight excluding hydrogens is 342 g/mol. The number of aliphatic carboxylic acids is 1. The third kappa shape index (κ3) is 4.78. The molecule has 1 aromatic carbocycles. The third-order valence-electron chi connectivity index (χ3n) is 2.62. The van der Waals surface area contributed by atoms with E-state index < -0.39 is 18.0 Å². The Bertz CT molecular complexity index is 571. The SMILES string of the molecule is CCC(Oc1c(Br)cc(C=CC(=O)O)cc1OC)C(N)=O. The molecule has 0 aliphatic carbocycles. The van der Waals surface area contributed by atoms with Gasteiger partial charge in [0.15, 0.2) is 17.6 Å². The van der Waals surface area contributed by atoms with Crippen molar-refractivity contribution in [3.05, 3.63) is 28.2 Å². The Labute approximate surface area is 130 Å². The van der Waals surface area contributed by atoms with Gasteiger partial charge in [0.2, 0.25) is 0 Å². The summed E-state index contributed by atoms with van der Waals surface area (Å²) in [4.78, 5) is 21.8. The maximum atomic E-state index is 11.3. The highest BCUT2D eigenvalue weighted by atomic mass is 79.9. The predicted octanol–water partition coefficient (Wildman–Crippen LogP) is 2.20. The van der Waals surface area contributed by atoms with Crippen molar-refractivity contribution in [1.82, 2.24) is 0 Å². The Hall–Kier alpha value is -2.02. The molecule has 7 heteroatoms. The fraction of sp³-hybridized carbons (Fsp3) is 0.286. The lowest BCUT2D eigenvalue weighted by atomic mass is 10.2. The topological polar surface area (TPSA) is 98.8 Å². The van der Waals surface area contributed by atoms with E-state index in [-0.39, 0.29) is 0 Å². The van der Waals surface area contributed by atoms with Crippen LogP contribution >= 0.6 is 15.9 Å². The van der Waals surface area contributed by atoms with Crippen LogP contribution in [0.25, 0.3) is 6.08 Å². The average Bonchev–Trinajstić information content (AvgIpc) is 2.42. The number of methoxy groups -OCH3 is 1. The van der Waals surface area contributed by atoms with E-state index in [1.54, 1.807) is 19.1 Å². The molecule has 1 rings (SSSR count). The Balaban J connectivity index is 3.16. The van der Waals surface area contributed by atoms with Crippen LogP contribution in [-0.4, -0.2) is 30.2 Å². The summed E-state index contributed by atoms with van der Waals surface area (Å²) < 4.78 is 11.3. The van der Waals surface area contributed by atoms with Gasteiger partial charge in [0.25, 0.3) is 5.91 Å². The normalized spacial score (nSPS) is 12.1. The molecule has 1 atom stereocenters. The van der Waals surface area contributed by atoms with Crippen LogP contribution in [0.15, 0.2) is 22.7 Å². The van der Waals surface area contributed by atoms with E-state index in [4.69, 9.17) is 20.3 Å². The standard InChI is InChI=1S/C14H16BrNO5/c1-3-10(14(16)19)21-13-9(15)6-8(4-5-12(17)18)7-11(13)20-2/h4-7,10H,3H2,1-2H3,(H2,16,19)(H,17,18). The van der Waals surface area contributed by atoms with Gasteiger partial charge >= 0.3 is 5.97 Å². The zero-order chi connectivity index (χ0) is 16.0. The number of rotatable bonds is 7. The van der Waals surface area contributed by atoms with E-state index in [1.165, 1.54) is 13.2 Å². The van der Waals surface area contributed by atoms with E-state index in [1.807, 2.05) is 0 Å². The summed E-state index contributed by atoms with van der Waals surface area (Å²) in [6.07, 6.45) is 2.09. The molecule has 0 aliphatic rings. The number of ether oxygens (including phenoxy) is 2. The molecule has 6 nitrogen and oxygen atoms in total. The molecule has 0 bridgehead atoms. The van der Waals surface area contributed by atoms with Crippen LogP contribution in [0.4, 0.5) is 0 Å². The van der Waals surface area contributed by atoms with Crippen molar-refractivity contribution in [2.24, 2.45) is 5.73 Å². The van der Waals surface area contributed by atoms with Crippen LogP contribution in [0.3, 0.4) is 0 Å². The second-order valence-electron chi connectivity index (χ2n) is 4.12. The number of halogens is 1. The number of carbonyl (C=O) groups excluding carboxylic acids is 1. The summed E-state index contributed by atoms with van der Waals surface area (Å²) in [5.41, 5.74) is 5.86. The smallest absolute Gasteiger partial charge is 0.328 e. The molecule has 3 N–H and O–H groups in total. The summed E-state index contributed by atoms with van der Waals surface area (Å²) in [5, 5.41) is 8.63. The van der Waals surface area contributed by atoms with Crippen LogP contribution in [-0.2, 0) is 9.59 Å². The van der Waals surface area contributed by atoms with Crippen molar-refractivity contribution in [3.8, 4) is 11.5 Å². The predicted molar refractivity (Wildman–Crippen MR) is 81.3 cm³/mol. The fourth-order valence-electron chi connectivity index (χ4n) is 1.60. The molecule has 1 amide bonds. The number of carboxylic acids is 1. The Morgan fingerprint density at radius 3 is 2.62 bits per heavy atom. The molecule has 0 saturated heterocycles. The first-order chi connectivity index (χ1) is 9.88. The van der Waals surface area contributed by atoms with Gasteiger partial charge in [-0.1, -0.05) is 6.92 Å². The van der Waals surface area contributed by atoms with Crippen molar-refractivity contribution >= 4 is 33.9 Å². The van der Waals surface area contributed by atoms with Crippen LogP contribution in [0.5, 0.6) is 11.5 Å².